The molecule has 0 saturated heterocycles. The molecule has 0 aliphatic heterocycles. The van der Waals surface area contributed by atoms with E-state index in [4.69, 9.17) is 4.74 Å². The molecular formula is C19H19F3N2O3. The lowest BCUT2D eigenvalue weighted by Gasteiger charge is -2.09. The number of ether oxygens (including phenoxy) is 1. The summed E-state index contributed by atoms with van der Waals surface area (Å²) in [7, 11) is 0. The molecule has 2 aromatic rings. The number of aromatic nitrogens is 1. The number of hydrogen-bond donors (Lipinski definition) is 1. The van der Waals surface area contributed by atoms with Crippen LogP contribution in [0.1, 0.15) is 41.4 Å². The van der Waals surface area contributed by atoms with Crippen LogP contribution in [-0.4, -0.2) is 23.3 Å². The second-order valence-corrected chi connectivity index (χ2v) is 5.96. The van der Waals surface area contributed by atoms with Crippen molar-refractivity contribution in [1.82, 2.24) is 4.98 Å². The van der Waals surface area contributed by atoms with E-state index in [-0.39, 0.29) is 24.7 Å². The molecule has 0 radical (unpaired) electrons. The van der Waals surface area contributed by atoms with Crippen molar-refractivity contribution in [2.75, 3.05) is 11.9 Å². The van der Waals surface area contributed by atoms with E-state index in [1.807, 2.05) is 0 Å². The fourth-order valence-electron chi connectivity index (χ4n) is 2.38. The average molecular weight is 380 g/mol. The molecule has 8 heteroatoms. The van der Waals surface area contributed by atoms with Crippen LogP contribution < -0.4 is 10.1 Å². The van der Waals surface area contributed by atoms with Crippen LogP contribution in [-0.2, 0) is 11.0 Å². The van der Waals surface area contributed by atoms with Crippen LogP contribution >= 0.6 is 0 Å². The summed E-state index contributed by atoms with van der Waals surface area (Å²) in [6, 6.07) is 7.53. The Morgan fingerprint density at radius 2 is 1.81 bits per heavy atom. The molecule has 144 valence electrons. The second-order valence-electron chi connectivity index (χ2n) is 5.96. The SMILES string of the molecule is CC(=O)Nc1cc(C(=O)CCCOc2ccc(C(F)(F)F)cc2)cc(C)n1. The first kappa shape index (κ1) is 20.4. The van der Waals surface area contributed by atoms with Crippen molar-refractivity contribution >= 4 is 17.5 Å². The lowest BCUT2D eigenvalue weighted by atomic mass is 10.1. The summed E-state index contributed by atoms with van der Waals surface area (Å²) in [4.78, 5) is 27.5. The third-order valence-corrected chi connectivity index (χ3v) is 3.58. The Labute approximate surface area is 154 Å². The van der Waals surface area contributed by atoms with Crippen molar-refractivity contribution in [3.63, 3.8) is 0 Å². The summed E-state index contributed by atoms with van der Waals surface area (Å²) < 4.78 is 42.9. The van der Waals surface area contributed by atoms with Gasteiger partial charge in [-0.25, -0.2) is 4.98 Å². The molecule has 0 spiro atoms. The highest BCUT2D eigenvalue weighted by atomic mass is 19.4. The number of pyridine rings is 1. The molecule has 1 aromatic heterocycles. The van der Waals surface area contributed by atoms with Gasteiger partial charge in [-0.1, -0.05) is 0 Å². The van der Waals surface area contributed by atoms with Gasteiger partial charge in [0, 0.05) is 24.6 Å². The largest absolute Gasteiger partial charge is 0.494 e. The summed E-state index contributed by atoms with van der Waals surface area (Å²) in [6.07, 6.45) is -3.79. The van der Waals surface area contributed by atoms with Gasteiger partial charge in [0.2, 0.25) is 5.91 Å². The monoisotopic (exact) mass is 380 g/mol. The van der Waals surface area contributed by atoms with Crippen molar-refractivity contribution in [3.8, 4) is 5.75 Å². The molecule has 0 bridgehead atoms. The molecule has 0 aliphatic carbocycles. The topological polar surface area (TPSA) is 68.3 Å². The summed E-state index contributed by atoms with van der Waals surface area (Å²) in [5.41, 5.74) is 0.291. The van der Waals surface area contributed by atoms with Crippen molar-refractivity contribution in [2.45, 2.75) is 32.9 Å². The number of carbonyl (C=O) groups excluding carboxylic acids is 2. The van der Waals surface area contributed by atoms with Crippen molar-refractivity contribution in [3.05, 3.63) is 53.2 Å². The van der Waals surface area contributed by atoms with Gasteiger partial charge >= 0.3 is 6.18 Å². The number of rotatable bonds is 7. The zero-order chi connectivity index (χ0) is 20.0. The zero-order valence-corrected chi connectivity index (χ0v) is 14.9. The summed E-state index contributed by atoms with van der Waals surface area (Å²) in [5, 5.41) is 2.54. The molecule has 0 unspecified atom stereocenters. The normalized spacial score (nSPS) is 11.1. The lowest BCUT2D eigenvalue weighted by molar-refractivity contribution is -0.137. The van der Waals surface area contributed by atoms with Crippen molar-refractivity contribution < 1.29 is 27.5 Å². The van der Waals surface area contributed by atoms with Gasteiger partial charge in [0.15, 0.2) is 5.78 Å². The van der Waals surface area contributed by atoms with Crippen LogP contribution in [0.25, 0.3) is 0 Å². The number of benzene rings is 1. The quantitative estimate of drug-likeness (QED) is 0.571. The first-order valence-corrected chi connectivity index (χ1v) is 8.24. The van der Waals surface area contributed by atoms with E-state index >= 15 is 0 Å². The molecule has 2 rings (SSSR count). The van der Waals surface area contributed by atoms with Gasteiger partial charge in [-0.2, -0.15) is 13.2 Å². The zero-order valence-electron chi connectivity index (χ0n) is 14.9. The van der Waals surface area contributed by atoms with Crippen LogP contribution in [0.5, 0.6) is 5.75 Å². The maximum atomic E-state index is 12.5. The third-order valence-electron chi connectivity index (χ3n) is 3.58. The van der Waals surface area contributed by atoms with Crippen LogP contribution in [0, 0.1) is 6.92 Å². The highest BCUT2D eigenvalue weighted by Gasteiger charge is 2.30. The van der Waals surface area contributed by atoms with Gasteiger partial charge in [0.25, 0.3) is 0 Å². The molecule has 0 saturated carbocycles. The van der Waals surface area contributed by atoms with Gasteiger partial charge < -0.3 is 10.1 Å². The standard InChI is InChI=1S/C19H19F3N2O3/c1-12-10-14(11-18(23-12)24-13(2)25)17(26)4-3-9-27-16-7-5-15(6-8-16)19(20,21)22/h5-8,10-11H,3-4,9H2,1-2H3,(H,23,24,25). The minimum absolute atomic E-state index is 0.136. The van der Waals surface area contributed by atoms with Crippen molar-refractivity contribution in [1.29, 1.82) is 0 Å². The minimum Gasteiger partial charge on any atom is -0.494 e. The number of nitrogens with one attached hydrogen (secondary N) is 1. The van der Waals surface area contributed by atoms with E-state index in [0.717, 1.165) is 12.1 Å². The minimum atomic E-state index is -4.39. The maximum absolute atomic E-state index is 12.5. The number of carbonyl (C=O) groups is 2. The van der Waals surface area contributed by atoms with E-state index in [9.17, 15) is 22.8 Å². The smallest absolute Gasteiger partial charge is 0.416 e. The Balaban J connectivity index is 1.86. The summed E-state index contributed by atoms with van der Waals surface area (Å²) >= 11 is 0. The van der Waals surface area contributed by atoms with Crippen LogP contribution in [0.3, 0.4) is 0 Å². The molecule has 1 amide bonds. The number of halogens is 3. The van der Waals surface area contributed by atoms with Gasteiger partial charge in [0.1, 0.15) is 11.6 Å². The number of anilines is 1. The van der Waals surface area contributed by atoms with E-state index in [1.165, 1.54) is 25.1 Å². The molecular weight excluding hydrogens is 361 g/mol. The maximum Gasteiger partial charge on any atom is 0.416 e. The van der Waals surface area contributed by atoms with E-state index in [1.54, 1.807) is 13.0 Å². The van der Waals surface area contributed by atoms with Crippen LogP contribution in [0.2, 0.25) is 0 Å². The molecule has 0 atom stereocenters. The number of hydrogen-bond acceptors (Lipinski definition) is 4. The highest BCUT2D eigenvalue weighted by molar-refractivity contribution is 5.97. The van der Waals surface area contributed by atoms with Gasteiger partial charge in [0.05, 0.1) is 12.2 Å². The van der Waals surface area contributed by atoms with Gasteiger partial charge in [-0.3, -0.25) is 9.59 Å². The Morgan fingerprint density at radius 1 is 1.15 bits per heavy atom. The van der Waals surface area contributed by atoms with Crippen molar-refractivity contribution in [2.24, 2.45) is 0 Å². The summed E-state index contributed by atoms with van der Waals surface area (Å²) in [5.74, 6) is 0.203. The number of nitrogens with zero attached hydrogens (tertiary/aromatic N) is 1. The second kappa shape index (κ2) is 8.66. The van der Waals surface area contributed by atoms with Gasteiger partial charge in [-0.05, 0) is 49.7 Å². The molecule has 1 heterocycles. The molecule has 27 heavy (non-hydrogen) atoms. The fraction of sp³-hybridized carbons (Fsp3) is 0.316. The van der Waals surface area contributed by atoms with Crippen LogP contribution in [0.15, 0.2) is 36.4 Å². The summed E-state index contributed by atoms with van der Waals surface area (Å²) in [6.45, 7) is 3.26. The van der Waals surface area contributed by atoms with E-state index in [0.29, 0.717) is 29.2 Å². The van der Waals surface area contributed by atoms with E-state index in [2.05, 4.69) is 10.3 Å². The number of ketones is 1. The Hall–Kier alpha value is -2.90. The molecule has 0 fully saturated rings. The Bertz CT molecular complexity index is 818. The first-order chi connectivity index (χ1) is 12.6. The molecule has 1 aromatic carbocycles. The number of aryl methyl sites for hydroxylation is 1. The molecule has 5 nitrogen and oxygen atoms in total. The lowest BCUT2D eigenvalue weighted by Crippen LogP contribution is -2.10. The van der Waals surface area contributed by atoms with E-state index < -0.39 is 11.7 Å². The van der Waals surface area contributed by atoms with Crippen LogP contribution in [0.4, 0.5) is 19.0 Å². The first-order valence-electron chi connectivity index (χ1n) is 8.24. The number of Topliss-reactive ketones (excluding diaryl/α,β-unsaturated/α-hetero) is 1. The third kappa shape index (κ3) is 6.40. The number of amides is 1. The van der Waals surface area contributed by atoms with Gasteiger partial charge in [-0.15, -0.1) is 0 Å². The molecule has 1 N–H and O–H groups in total. The fourth-order valence-corrected chi connectivity index (χ4v) is 2.38. The highest BCUT2D eigenvalue weighted by Crippen LogP contribution is 2.30. The number of alkyl halides is 3. The molecule has 0 aliphatic rings. The Morgan fingerprint density at radius 3 is 2.41 bits per heavy atom. The average Bonchev–Trinajstić information content (AvgIpc) is 2.57. The predicted molar refractivity (Wildman–Crippen MR) is 93.8 cm³/mol. The predicted octanol–water partition coefficient (Wildman–Crippen LogP) is 4.41. The Kier molecular flexibility index (Phi) is 6.55.